The topological polar surface area (TPSA) is 154 Å². The second-order valence-corrected chi connectivity index (χ2v) is 15.5. The molecule has 1 amide bonds. The molecule has 6 rings (SSSR count). The third kappa shape index (κ3) is 9.72. The van der Waals surface area contributed by atoms with Gasteiger partial charge in [-0.15, -0.1) is 0 Å². The van der Waals surface area contributed by atoms with E-state index in [1.807, 2.05) is 62.4 Å². The van der Waals surface area contributed by atoms with Crippen molar-refractivity contribution in [3.05, 3.63) is 81.4 Å². The summed E-state index contributed by atoms with van der Waals surface area (Å²) in [5, 5.41) is 7.88. The predicted octanol–water partition coefficient (Wildman–Crippen LogP) is 6.30. The molecule has 14 nitrogen and oxygen atoms in total. The first-order valence-electron chi connectivity index (χ1n) is 20.7. The summed E-state index contributed by atoms with van der Waals surface area (Å²) < 4.78 is 24.7. The summed E-state index contributed by atoms with van der Waals surface area (Å²) in [6.45, 7) is 6.46. The number of rotatable bonds is 22. The van der Waals surface area contributed by atoms with Crippen molar-refractivity contribution in [2.24, 2.45) is 7.05 Å². The van der Waals surface area contributed by atoms with Gasteiger partial charge in [0.15, 0.2) is 5.78 Å². The molecule has 0 radical (unpaired) electrons. The van der Waals surface area contributed by atoms with Crippen LogP contribution in [0.25, 0.3) is 27.6 Å². The van der Waals surface area contributed by atoms with Gasteiger partial charge in [0.25, 0.3) is 11.5 Å². The lowest BCUT2D eigenvalue weighted by atomic mass is 9.87. The summed E-state index contributed by atoms with van der Waals surface area (Å²) in [6.07, 6.45) is 7.35. The lowest BCUT2D eigenvalue weighted by Gasteiger charge is -2.31. The van der Waals surface area contributed by atoms with Crippen LogP contribution in [0.4, 0.5) is 11.5 Å². The first-order chi connectivity index (χ1) is 29.0. The van der Waals surface area contributed by atoms with Crippen LogP contribution in [0.5, 0.6) is 11.5 Å². The third-order valence-corrected chi connectivity index (χ3v) is 11.1. The Morgan fingerprint density at radius 3 is 2.20 bits per heavy atom. The van der Waals surface area contributed by atoms with Crippen molar-refractivity contribution in [1.82, 2.24) is 19.4 Å². The number of ether oxygens (including phenoxy) is 4. The molecule has 320 valence electrons. The Hall–Kier alpha value is -5.57. The van der Waals surface area contributed by atoms with E-state index in [2.05, 4.69) is 15.6 Å². The van der Waals surface area contributed by atoms with Crippen LogP contribution >= 0.6 is 0 Å². The van der Waals surface area contributed by atoms with Crippen LogP contribution in [0, 0.1) is 0 Å². The summed E-state index contributed by atoms with van der Waals surface area (Å²) in [4.78, 5) is 60.7. The predicted molar refractivity (Wildman–Crippen MR) is 234 cm³/mol. The highest BCUT2D eigenvalue weighted by molar-refractivity contribution is 6.15. The average Bonchev–Trinajstić information content (AvgIpc) is 3.50. The highest BCUT2D eigenvalue weighted by Crippen LogP contribution is 2.45. The van der Waals surface area contributed by atoms with Crippen LogP contribution in [0.1, 0.15) is 73.9 Å². The van der Waals surface area contributed by atoms with E-state index in [0.29, 0.717) is 92.9 Å². The van der Waals surface area contributed by atoms with E-state index < -0.39 is 6.04 Å². The standard InChI is InChI=1S/C46H58N6O8/c1-8-32(54)15-16-39(29(2)53)52-44(30-11-9-12-30)33-13-10-14-38(43(33)46(52)56)47-17-19-59-21-22-60-20-18-48-42-25-34-35(26-49-42)36(28-51(5)45(34)55)31-23-40(57-6)37(27-50(3)4)41(24-31)58-7/h10,13-14,23-26,28,39,47H,8-9,11-12,15-22,27H2,1-7H3,(H,48,49). The molecular weight excluding hydrogens is 765 g/mol. The zero-order chi connectivity index (χ0) is 42.9. The Labute approximate surface area is 351 Å². The smallest absolute Gasteiger partial charge is 0.261 e. The number of benzene rings is 2. The van der Waals surface area contributed by atoms with Crippen LogP contribution in [-0.2, 0) is 32.7 Å². The number of pyridine rings is 2. The molecule has 1 fully saturated rings. The second kappa shape index (κ2) is 20.1. The Balaban J connectivity index is 0.993. The molecule has 2 aromatic heterocycles. The van der Waals surface area contributed by atoms with Gasteiger partial charge in [-0.2, -0.15) is 0 Å². The minimum atomic E-state index is -0.681. The number of allylic oxidation sites excluding steroid dienone is 1. The van der Waals surface area contributed by atoms with Gasteiger partial charge in [0.1, 0.15) is 23.1 Å². The molecular formula is C46H58N6O8. The third-order valence-electron chi connectivity index (χ3n) is 11.1. The van der Waals surface area contributed by atoms with Crippen LogP contribution in [0.3, 0.4) is 0 Å². The van der Waals surface area contributed by atoms with Gasteiger partial charge in [-0.05, 0) is 82.1 Å². The average molecular weight is 823 g/mol. The van der Waals surface area contributed by atoms with Crippen molar-refractivity contribution in [3.63, 3.8) is 0 Å². The maximum Gasteiger partial charge on any atom is 0.261 e. The minimum Gasteiger partial charge on any atom is -0.496 e. The van der Waals surface area contributed by atoms with Crippen LogP contribution in [0.2, 0.25) is 0 Å². The minimum absolute atomic E-state index is 0.0809. The van der Waals surface area contributed by atoms with Crippen LogP contribution in [-0.4, -0.2) is 111 Å². The van der Waals surface area contributed by atoms with Gasteiger partial charge in [-0.1, -0.05) is 19.1 Å². The molecule has 60 heavy (non-hydrogen) atoms. The Kier molecular flexibility index (Phi) is 14.8. The molecule has 2 aliphatic rings. The highest BCUT2D eigenvalue weighted by Gasteiger charge is 2.42. The summed E-state index contributed by atoms with van der Waals surface area (Å²) in [5.74, 6) is 1.72. The number of nitrogens with zero attached hydrogens (tertiary/aromatic N) is 4. The SMILES string of the molecule is CCC(=O)CCC(C(C)=O)N1C(=O)c2c(NCCOCCOCCNc3cc4c(=O)n(C)cc(-c5cc(OC)c(CN(C)C)c(OC)c5)c4cn3)cccc2C1=C1CCC1. The van der Waals surface area contributed by atoms with Gasteiger partial charge in [0.05, 0.1) is 68.9 Å². The molecule has 0 bridgehead atoms. The summed E-state index contributed by atoms with van der Waals surface area (Å²) in [5.41, 5.74) is 6.59. The van der Waals surface area contributed by atoms with E-state index in [1.54, 1.807) is 43.0 Å². The van der Waals surface area contributed by atoms with Gasteiger partial charge >= 0.3 is 0 Å². The summed E-state index contributed by atoms with van der Waals surface area (Å²) >= 11 is 0. The molecule has 14 heteroatoms. The van der Waals surface area contributed by atoms with Crippen molar-refractivity contribution in [3.8, 4) is 22.6 Å². The number of methoxy groups -OCH3 is 2. The van der Waals surface area contributed by atoms with Crippen molar-refractivity contribution < 1.29 is 33.3 Å². The van der Waals surface area contributed by atoms with E-state index in [9.17, 15) is 19.2 Å². The second-order valence-electron chi connectivity index (χ2n) is 15.5. The fourth-order valence-electron chi connectivity index (χ4n) is 7.84. The van der Waals surface area contributed by atoms with Crippen molar-refractivity contribution in [2.45, 2.75) is 65.0 Å². The van der Waals surface area contributed by atoms with E-state index in [0.717, 1.165) is 52.6 Å². The summed E-state index contributed by atoms with van der Waals surface area (Å²) in [6, 6.07) is 10.8. The Bertz CT molecular complexity index is 2290. The van der Waals surface area contributed by atoms with Crippen molar-refractivity contribution >= 4 is 45.4 Å². The number of carbonyl (C=O) groups excluding carboxylic acids is 3. The maximum atomic E-state index is 14.0. The number of aromatic nitrogens is 2. The fraction of sp³-hybridized carbons (Fsp3) is 0.457. The van der Waals surface area contributed by atoms with E-state index in [4.69, 9.17) is 18.9 Å². The lowest BCUT2D eigenvalue weighted by molar-refractivity contribution is -0.121. The van der Waals surface area contributed by atoms with Gasteiger partial charge in [0, 0.05) is 74.1 Å². The monoisotopic (exact) mass is 822 g/mol. The normalized spacial score (nSPS) is 14.1. The molecule has 1 aliphatic heterocycles. The number of Topliss-reactive ketones (excluding diaryl/α,β-unsaturated/α-hetero) is 2. The van der Waals surface area contributed by atoms with Gasteiger partial charge in [-0.25, -0.2) is 4.98 Å². The van der Waals surface area contributed by atoms with Gasteiger partial charge in [0.2, 0.25) is 0 Å². The zero-order valence-electron chi connectivity index (χ0n) is 35.9. The molecule has 0 spiro atoms. The molecule has 2 aromatic carbocycles. The van der Waals surface area contributed by atoms with Gasteiger partial charge in [-0.3, -0.25) is 24.1 Å². The Morgan fingerprint density at radius 2 is 1.60 bits per heavy atom. The van der Waals surface area contributed by atoms with Crippen LogP contribution in [0.15, 0.2) is 59.2 Å². The molecule has 1 saturated carbocycles. The lowest BCUT2D eigenvalue weighted by Crippen LogP contribution is -2.41. The zero-order valence-corrected chi connectivity index (χ0v) is 35.9. The van der Waals surface area contributed by atoms with Gasteiger partial charge < -0.3 is 39.0 Å². The number of amides is 1. The number of carbonyl (C=O) groups is 3. The largest absolute Gasteiger partial charge is 0.496 e. The Morgan fingerprint density at radius 1 is 0.917 bits per heavy atom. The van der Waals surface area contributed by atoms with E-state index in [-0.39, 0.29) is 29.5 Å². The molecule has 1 atom stereocenters. The van der Waals surface area contributed by atoms with Crippen LogP contribution < -0.4 is 25.7 Å². The van der Waals surface area contributed by atoms with Crippen molar-refractivity contribution in [2.75, 3.05) is 78.5 Å². The number of anilines is 2. The van der Waals surface area contributed by atoms with E-state index >= 15 is 0 Å². The van der Waals surface area contributed by atoms with Crippen molar-refractivity contribution in [1.29, 1.82) is 0 Å². The number of aryl methyl sites for hydroxylation is 1. The first-order valence-corrected chi connectivity index (χ1v) is 20.7. The molecule has 2 N–H and O–H groups in total. The molecule has 3 heterocycles. The quantitative estimate of drug-likeness (QED) is 0.0856. The molecule has 1 aliphatic carbocycles. The molecule has 4 aromatic rings. The number of nitrogens with one attached hydrogen (secondary N) is 2. The number of hydrogen-bond acceptors (Lipinski definition) is 12. The highest BCUT2D eigenvalue weighted by atomic mass is 16.5. The number of fused-ring (bicyclic) bond motifs is 2. The molecule has 0 saturated heterocycles. The van der Waals surface area contributed by atoms with E-state index in [1.165, 1.54) is 12.5 Å². The number of ketones is 2. The molecule has 1 unspecified atom stereocenters. The first kappa shape index (κ1) is 44.0. The fourth-order valence-corrected chi connectivity index (χ4v) is 7.84. The number of hydrogen-bond donors (Lipinski definition) is 2. The maximum absolute atomic E-state index is 14.0. The summed E-state index contributed by atoms with van der Waals surface area (Å²) in [7, 11) is 8.99.